The number of carbonyl (C=O) groups is 1. The van der Waals surface area contributed by atoms with E-state index in [1.807, 2.05) is 24.1 Å². The van der Waals surface area contributed by atoms with Crippen molar-refractivity contribution < 1.29 is 9.21 Å². The van der Waals surface area contributed by atoms with Crippen LogP contribution >= 0.6 is 24.0 Å². The molecule has 0 bridgehead atoms. The summed E-state index contributed by atoms with van der Waals surface area (Å²) >= 11 is 0. The Balaban J connectivity index is 0.00000288. The Hall–Kier alpha value is -2.03. The lowest BCUT2D eigenvalue weighted by Crippen LogP contribution is -2.38. The summed E-state index contributed by atoms with van der Waals surface area (Å²) in [6.07, 6.45) is 0. The average molecular weight is 442 g/mol. The zero-order chi connectivity index (χ0) is 16.8. The second-order valence-electron chi connectivity index (χ2n) is 5.31. The fourth-order valence-corrected chi connectivity index (χ4v) is 2.27. The van der Waals surface area contributed by atoms with Gasteiger partial charge in [0.2, 0.25) is 0 Å². The molecule has 0 radical (unpaired) electrons. The van der Waals surface area contributed by atoms with Crippen molar-refractivity contribution in [3.8, 4) is 0 Å². The number of nitrogens with zero attached hydrogens (tertiary/aromatic N) is 2. The van der Waals surface area contributed by atoms with Crippen LogP contribution in [0.5, 0.6) is 0 Å². The zero-order valence-electron chi connectivity index (χ0n) is 14.1. The zero-order valence-corrected chi connectivity index (χ0v) is 16.4. The van der Waals surface area contributed by atoms with Crippen LogP contribution in [0.3, 0.4) is 0 Å². The van der Waals surface area contributed by atoms with Crippen molar-refractivity contribution in [1.29, 1.82) is 0 Å². The second-order valence-corrected chi connectivity index (χ2v) is 5.31. The molecule has 3 N–H and O–H groups in total. The van der Waals surface area contributed by atoms with E-state index in [1.165, 1.54) is 11.1 Å². The Morgan fingerprint density at radius 3 is 2.58 bits per heavy atom. The molecule has 1 aromatic heterocycles. The summed E-state index contributed by atoms with van der Waals surface area (Å²) in [5, 5.41) is 3.21. The number of benzene rings is 1. The molecule has 130 valence electrons. The summed E-state index contributed by atoms with van der Waals surface area (Å²) in [5.74, 6) is 0.955. The van der Waals surface area contributed by atoms with Gasteiger partial charge in [-0.05, 0) is 30.2 Å². The molecule has 1 amide bonds. The first-order valence-electron chi connectivity index (χ1n) is 7.36. The number of amides is 1. The van der Waals surface area contributed by atoms with E-state index in [2.05, 4.69) is 29.4 Å². The number of primary amides is 1. The quantitative estimate of drug-likeness (QED) is 0.424. The van der Waals surface area contributed by atoms with Crippen LogP contribution in [0.1, 0.15) is 27.4 Å². The average Bonchev–Trinajstić information content (AvgIpc) is 2.99. The lowest BCUT2D eigenvalue weighted by molar-refractivity contribution is 0.0972. The van der Waals surface area contributed by atoms with E-state index in [1.54, 1.807) is 19.2 Å². The van der Waals surface area contributed by atoms with Crippen molar-refractivity contribution in [2.45, 2.75) is 20.0 Å². The lowest BCUT2D eigenvalue weighted by atomic mass is 10.1. The van der Waals surface area contributed by atoms with Gasteiger partial charge in [0.05, 0.1) is 6.54 Å². The molecule has 2 rings (SSSR count). The Kier molecular flexibility index (Phi) is 7.76. The third-order valence-electron chi connectivity index (χ3n) is 3.57. The number of aryl methyl sites for hydroxylation is 1. The first kappa shape index (κ1) is 20.0. The van der Waals surface area contributed by atoms with Gasteiger partial charge in [-0.3, -0.25) is 9.79 Å². The van der Waals surface area contributed by atoms with Gasteiger partial charge in [-0.25, -0.2) is 0 Å². The molecule has 0 saturated carbocycles. The highest BCUT2D eigenvalue weighted by Gasteiger charge is 2.10. The number of guanidine groups is 1. The van der Waals surface area contributed by atoms with Gasteiger partial charge in [0.25, 0.3) is 5.91 Å². The van der Waals surface area contributed by atoms with E-state index in [0.717, 1.165) is 12.5 Å². The number of hydrogen-bond donors (Lipinski definition) is 2. The highest BCUT2D eigenvalue weighted by molar-refractivity contribution is 14.0. The van der Waals surface area contributed by atoms with Gasteiger partial charge in [-0.15, -0.1) is 24.0 Å². The van der Waals surface area contributed by atoms with Crippen LogP contribution in [0, 0.1) is 6.92 Å². The van der Waals surface area contributed by atoms with Gasteiger partial charge in [-0.1, -0.05) is 24.3 Å². The molecule has 0 fully saturated rings. The van der Waals surface area contributed by atoms with Crippen molar-refractivity contribution in [2.24, 2.45) is 10.7 Å². The van der Waals surface area contributed by atoms with E-state index in [-0.39, 0.29) is 29.7 Å². The van der Waals surface area contributed by atoms with E-state index < -0.39 is 5.91 Å². The van der Waals surface area contributed by atoms with E-state index in [9.17, 15) is 4.79 Å². The minimum absolute atomic E-state index is 0. The highest BCUT2D eigenvalue weighted by atomic mass is 127. The topological polar surface area (TPSA) is 83.9 Å². The number of nitrogens with one attached hydrogen (secondary N) is 1. The molecule has 0 aliphatic rings. The Morgan fingerprint density at radius 2 is 2.00 bits per heavy atom. The standard InChI is InChI=1S/C17H22N4O2.HI/c1-12-6-4-5-7-13(12)11-21(3)17(19-2)20-10-14-8-9-15(23-14)16(18)22;/h4-9H,10-11H2,1-3H3,(H2,18,22)(H,19,20);1H. The molecule has 2 aromatic rings. The van der Waals surface area contributed by atoms with Crippen LogP contribution in [0.2, 0.25) is 0 Å². The van der Waals surface area contributed by atoms with E-state index >= 15 is 0 Å². The summed E-state index contributed by atoms with van der Waals surface area (Å²) < 4.78 is 5.35. The van der Waals surface area contributed by atoms with Gasteiger partial charge in [0.1, 0.15) is 5.76 Å². The van der Waals surface area contributed by atoms with Crippen LogP contribution in [-0.2, 0) is 13.1 Å². The Bertz CT molecular complexity index is 712. The minimum atomic E-state index is -0.572. The molecule has 24 heavy (non-hydrogen) atoms. The highest BCUT2D eigenvalue weighted by Crippen LogP contribution is 2.10. The molecular weight excluding hydrogens is 419 g/mol. The van der Waals surface area contributed by atoms with Crippen LogP contribution in [0.25, 0.3) is 0 Å². The number of rotatable bonds is 5. The van der Waals surface area contributed by atoms with Gasteiger partial charge in [-0.2, -0.15) is 0 Å². The third-order valence-corrected chi connectivity index (χ3v) is 3.57. The van der Waals surface area contributed by atoms with Crippen molar-refractivity contribution in [1.82, 2.24) is 10.2 Å². The smallest absolute Gasteiger partial charge is 0.284 e. The summed E-state index contributed by atoms with van der Waals surface area (Å²) in [6.45, 7) is 3.27. The number of furan rings is 1. The van der Waals surface area contributed by atoms with Crippen LogP contribution in [0.4, 0.5) is 0 Å². The van der Waals surface area contributed by atoms with E-state index in [4.69, 9.17) is 10.2 Å². The summed E-state index contributed by atoms with van der Waals surface area (Å²) in [5.41, 5.74) is 7.66. The lowest BCUT2D eigenvalue weighted by Gasteiger charge is -2.22. The molecule has 6 nitrogen and oxygen atoms in total. The molecular formula is C17H23IN4O2. The van der Waals surface area contributed by atoms with E-state index in [0.29, 0.717) is 12.3 Å². The predicted molar refractivity (Wildman–Crippen MR) is 105 cm³/mol. The van der Waals surface area contributed by atoms with Crippen molar-refractivity contribution >= 4 is 35.8 Å². The molecule has 0 atom stereocenters. The van der Waals surface area contributed by atoms with Gasteiger partial charge < -0.3 is 20.4 Å². The first-order valence-corrected chi connectivity index (χ1v) is 7.36. The van der Waals surface area contributed by atoms with Gasteiger partial charge in [0.15, 0.2) is 11.7 Å². The fourth-order valence-electron chi connectivity index (χ4n) is 2.27. The molecule has 0 aliphatic carbocycles. The summed E-state index contributed by atoms with van der Waals surface area (Å²) in [4.78, 5) is 17.3. The number of aliphatic imine (C=N–C) groups is 1. The van der Waals surface area contributed by atoms with Crippen LogP contribution in [-0.4, -0.2) is 30.9 Å². The number of carbonyl (C=O) groups excluding carboxylic acids is 1. The number of nitrogens with two attached hydrogens (primary N) is 1. The number of halogens is 1. The fraction of sp³-hybridized carbons (Fsp3) is 0.294. The van der Waals surface area contributed by atoms with Crippen molar-refractivity contribution in [3.63, 3.8) is 0 Å². The SMILES string of the molecule is CN=C(NCc1ccc(C(N)=O)o1)N(C)Cc1ccccc1C.I. The van der Waals surface area contributed by atoms with Gasteiger partial charge in [0, 0.05) is 20.6 Å². The number of hydrogen-bond acceptors (Lipinski definition) is 3. The van der Waals surface area contributed by atoms with Gasteiger partial charge >= 0.3 is 0 Å². The Labute approximate surface area is 159 Å². The normalized spacial score (nSPS) is 10.9. The molecule has 0 spiro atoms. The first-order chi connectivity index (χ1) is 11.0. The Morgan fingerprint density at radius 1 is 1.29 bits per heavy atom. The molecule has 0 aliphatic heterocycles. The third kappa shape index (κ3) is 5.26. The van der Waals surface area contributed by atoms with Crippen molar-refractivity contribution in [3.05, 3.63) is 59.0 Å². The summed E-state index contributed by atoms with van der Waals surface area (Å²) in [6, 6.07) is 11.5. The second kappa shape index (κ2) is 9.31. The molecule has 7 heteroatoms. The summed E-state index contributed by atoms with van der Waals surface area (Å²) in [7, 11) is 3.70. The largest absolute Gasteiger partial charge is 0.454 e. The molecule has 1 heterocycles. The van der Waals surface area contributed by atoms with Crippen LogP contribution < -0.4 is 11.1 Å². The molecule has 1 aromatic carbocycles. The van der Waals surface area contributed by atoms with Crippen molar-refractivity contribution in [2.75, 3.05) is 14.1 Å². The predicted octanol–water partition coefficient (Wildman–Crippen LogP) is 2.51. The maximum Gasteiger partial charge on any atom is 0.284 e. The maximum atomic E-state index is 11.0. The molecule has 0 unspecified atom stereocenters. The minimum Gasteiger partial charge on any atom is -0.454 e. The van der Waals surface area contributed by atoms with Crippen LogP contribution in [0.15, 0.2) is 45.8 Å². The maximum absolute atomic E-state index is 11.0. The monoisotopic (exact) mass is 442 g/mol. The molecule has 0 saturated heterocycles.